The summed E-state index contributed by atoms with van der Waals surface area (Å²) in [5.74, 6) is -0.204. The van der Waals surface area contributed by atoms with Crippen LogP contribution < -0.4 is 5.73 Å². The molecule has 19 heavy (non-hydrogen) atoms. The minimum absolute atomic E-state index is 0.0484. The summed E-state index contributed by atoms with van der Waals surface area (Å²) in [6, 6.07) is 3.67. The van der Waals surface area contributed by atoms with E-state index in [9.17, 15) is 4.39 Å². The van der Waals surface area contributed by atoms with Crippen molar-refractivity contribution in [3.8, 4) is 0 Å². The molecule has 0 unspecified atom stereocenters. The summed E-state index contributed by atoms with van der Waals surface area (Å²) < 4.78 is 20.0. The first-order chi connectivity index (χ1) is 9.13. The van der Waals surface area contributed by atoms with Gasteiger partial charge in [0.2, 0.25) is 0 Å². The molecule has 1 saturated carbocycles. The number of hydrogen-bond acceptors (Lipinski definition) is 2. The lowest BCUT2D eigenvalue weighted by Gasteiger charge is -2.37. The van der Waals surface area contributed by atoms with Crippen LogP contribution in [0.3, 0.4) is 0 Å². The highest BCUT2D eigenvalue weighted by Crippen LogP contribution is 2.40. The van der Waals surface area contributed by atoms with Crippen LogP contribution in [-0.2, 0) is 16.8 Å². The van der Waals surface area contributed by atoms with Crippen LogP contribution in [0.25, 0.3) is 0 Å². The smallest absolute Gasteiger partial charge is 0.130 e. The van der Waals surface area contributed by atoms with Gasteiger partial charge in [-0.3, -0.25) is 0 Å². The van der Waals surface area contributed by atoms with E-state index in [0.717, 1.165) is 22.9 Å². The molecule has 0 radical (unpaired) electrons. The lowest BCUT2D eigenvalue weighted by atomic mass is 9.69. The monoisotopic (exact) mass is 329 g/mol. The molecule has 0 amide bonds. The van der Waals surface area contributed by atoms with Crippen LogP contribution in [0, 0.1) is 5.82 Å². The van der Waals surface area contributed by atoms with Gasteiger partial charge in [0.05, 0.1) is 6.61 Å². The molecule has 1 aromatic carbocycles. The molecule has 2 N–H and O–H groups in total. The highest BCUT2D eigenvalue weighted by molar-refractivity contribution is 9.10. The van der Waals surface area contributed by atoms with Gasteiger partial charge in [-0.05, 0) is 30.5 Å². The standard InChI is InChI=1S/C15H21BrFNO/c1-19-9-12-13(16)7-11(8-14(12)17)15(10-18)5-3-2-4-6-15/h7-8H,2-6,9-10,18H2,1H3. The van der Waals surface area contributed by atoms with Crippen molar-refractivity contribution in [3.63, 3.8) is 0 Å². The average molecular weight is 330 g/mol. The van der Waals surface area contributed by atoms with Crippen molar-refractivity contribution < 1.29 is 9.13 Å². The minimum Gasteiger partial charge on any atom is -0.380 e. The van der Waals surface area contributed by atoms with Gasteiger partial charge in [0, 0.05) is 29.1 Å². The largest absolute Gasteiger partial charge is 0.380 e. The quantitative estimate of drug-likeness (QED) is 0.909. The SMILES string of the molecule is COCc1c(F)cc(C2(CN)CCCCC2)cc1Br. The Balaban J connectivity index is 2.39. The van der Waals surface area contributed by atoms with Crippen LogP contribution >= 0.6 is 15.9 Å². The van der Waals surface area contributed by atoms with Gasteiger partial charge in [0.25, 0.3) is 0 Å². The zero-order valence-electron chi connectivity index (χ0n) is 11.3. The molecule has 0 bridgehead atoms. The number of hydrogen-bond donors (Lipinski definition) is 1. The van der Waals surface area contributed by atoms with E-state index in [1.54, 1.807) is 13.2 Å². The van der Waals surface area contributed by atoms with Crippen molar-refractivity contribution in [3.05, 3.63) is 33.5 Å². The van der Waals surface area contributed by atoms with Crippen LogP contribution in [0.4, 0.5) is 4.39 Å². The van der Waals surface area contributed by atoms with Crippen LogP contribution in [-0.4, -0.2) is 13.7 Å². The molecule has 1 aliphatic rings. The lowest BCUT2D eigenvalue weighted by Crippen LogP contribution is -2.37. The molecular weight excluding hydrogens is 309 g/mol. The van der Waals surface area contributed by atoms with Crippen LogP contribution in [0.5, 0.6) is 0 Å². The van der Waals surface area contributed by atoms with Gasteiger partial charge >= 0.3 is 0 Å². The van der Waals surface area contributed by atoms with Gasteiger partial charge in [-0.25, -0.2) is 4.39 Å². The predicted octanol–water partition coefficient (Wildman–Crippen LogP) is 3.90. The van der Waals surface area contributed by atoms with Gasteiger partial charge in [0.15, 0.2) is 0 Å². The van der Waals surface area contributed by atoms with Gasteiger partial charge in [-0.1, -0.05) is 35.2 Å². The number of ether oxygens (including phenoxy) is 1. The van der Waals surface area contributed by atoms with Crippen molar-refractivity contribution >= 4 is 15.9 Å². The van der Waals surface area contributed by atoms with Gasteiger partial charge in [-0.15, -0.1) is 0 Å². The lowest BCUT2D eigenvalue weighted by molar-refractivity contribution is 0.180. The van der Waals surface area contributed by atoms with Crippen LogP contribution in [0.2, 0.25) is 0 Å². The third-order valence-electron chi connectivity index (χ3n) is 4.24. The molecule has 2 nitrogen and oxygen atoms in total. The number of nitrogens with two attached hydrogens (primary N) is 1. The van der Waals surface area contributed by atoms with E-state index < -0.39 is 0 Å². The van der Waals surface area contributed by atoms with Gasteiger partial charge in [0.1, 0.15) is 5.82 Å². The molecule has 1 aromatic rings. The summed E-state index contributed by atoms with van der Waals surface area (Å²) in [7, 11) is 1.57. The highest BCUT2D eigenvalue weighted by Gasteiger charge is 2.33. The zero-order valence-corrected chi connectivity index (χ0v) is 12.9. The fourth-order valence-electron chi connectivity index (χ4n) is 3.03. The van der Waals surface area contributed by atoms with Crippen LogP contribution in [0.15, 0.2) is 16.6 Å². The molecule has 0 aromatic heterocycles. The van der Waals surface area contributed by atoms with Crippen molar-refractivity contribution in [2.45, 2.75) is 44.1 Å². The number of benzene rings is 1. The first-order valence-electron chi connectivity index (χ1n) is 6.80. The average Bonchev–Trinajstić information content (AvgIpc) is 2.43. The van der Waals surface area contributed by atoms with E-state index in [2.05, 4.69) is 15.9 Å². The molecule has 1 aliphatic carbocycles. The first-order valence-corrected chi connectivity index (χ1v) is 7.60. The molecular formula is C15H21BrFNO. The van der Waals surface area contributed by atoms with E-state index in [1.807, 2.05) is 6.07 Å². The van der Waals surface area contributed by atoms with Gasteiger partial charge in [-0.2, -0.15) is 0 Å². The maximum Gasteiger partial charge on any atom is 0.130 e. The van der Waals surface area contributed by atoms with Crippen molar-refractivity contribution in [1.29, 1.82) is 0 Å². The molecule has 106 valence electrons. The zero-order chi connectivity index (χ0) is 13.9. The van der Waals surface area contributed by atoms with Crippen molar-refractivity contribution in [2.24, 2.45) is 5.73 Å². The Labute approximate surface area is 122 Å². The summed E-state index contributed by atoms with van der Waals surface area (Å²) >= 11 is 3.46. The minimum atomic E-state index is -0.204. The number of halogens is 2. The fraction of sp³-hybridized carbons (Fsp3) is 0.600. The first kappa shape index (κ1) is 14.9. The summed E-state index contributed by atoms with van der Waals surface area (Å²) in [6.45, 7) is 0.866. The maximum absolute atomic E-state index is 14.2. The molecule has 1 fully saturated rings. The Hall–Kier alpha value is -0.450. The topological polar surface area (TPSA) is 35.2 Å². The van der Waals surface area contributed by atoms with E-state index in [4.69, 9.17) is 10.5 Å². The molecule has 4 heteroatoms. The third-order valence-corrected chi connectivity index (χ3v) is 4.95. The summed E-state index contributed by atoms with van der Waals surface area (Å²) in [5, 5.41) is 0. The Bertz CT molecular complexity index is 421. The predicted molar refractivity (Wildman–Crippen MR) is 78.6 cm³/mol. The molecule has 2 rings (SSSR count). The second-order valence-corrected chi connectivity index (χ2v) is 6.25. The summed E-state index contributed by atoms with van der Waals surface area (Å²) in [5.41, 5.74) is 7.56. The molecule has 0 atom stereocenters. The molecule has 0 spiro atoms. The summed E-state index contributed by atoms with van der Waals surface area (Å²) in [4.78, 5) is 0. The van der Waals surface area contributed by atoms with E-state index in [1.165, 1.54) is 19.3 Å². The summed E-state index contributed by atoms with van der Waals surface area (Å²) in [6.07, 6.45) is 5.72. The van der Waals surface area contributed by atoms with E-state index in [0.29, 0.717) is 12.1 Å². The maximum atomic E-state index is 14.2. The highest BCUT2D eigenvalue weighted by atomic mass is 79.9. The second-order valence-electron chi connectivity index (χ2n) is 5.40. The Morgan fingerprint density at radius 3 is 2.53 bits per heavy atom. The molecule has 0 aliphatic heterocycles. The van der Waals surface area contributed by atoms with Crippen molar-refractivity contribution in [1.82, 2.24) is 0 Å². The fourth-order valence-corrected chi connectivity index (χ4v) is 3.58. The Morgan fingerprint density at radius 2 is 2.00 bits per heavy atom. The third kappa shape index (κ3) is 3.01. The van der Waals surface area contributed by atoms with Crippen LogP contribution in [0.1, 0.15) is 43.2 Å². The van der Waals surface area contributed by atoms with E-state index >= 15 is 0 Å². The van der Waals surface area contributed by atoms with Gasteiger partial charge < -0.3 is 10.5 Å². The second kappa shape index (κ2) is 6.33. The Kier molecular flexibility index (Phi) is 4.98. The number of rotatable bonds is 4. The van der Waals surface area contributed by atoms with E-state index in [-0.39, 0.29) is 17.8 Å². The Morgan fingerprint density at radius 1 is 1.32 bits per heavy atom. The molecule has 0 saturated heterocycles. The van der Waals surface area contributed by atoms with Crippen molar-refractivity contribution in [2.75, 3.05) is 13.7 Å². The molecule has 0 heterocycles. The normalized spacial score (nSPS) is 18.5. The number of methoxy groups -OCH3 is 1.